The molecule has 2 unspecified atom stereocenters. The average Bonchev–Trinajstić information content (AvgIpc) is 3.26. The zero-order valence-corrected chi connectivity index (χ0v) is 15.8. The first-order valence-corrected chi connectivity index (χ1v) is 9.70. The van der Waals surface area contributed by atoms with Crippen molar-refractivity contribution in [3.8, 4) is 0 Å². The summed E-state index contributed by atoms with van der Waals surface area (Å²) in [5.41, 5.74) is 7.26. The number of anilines is 1. The molecule has 2 heterocycles. The second kappa shape index (κ2) is 8.23. The van der Waals surface area contributed by atoms with Crippen LogP contribution >= 0.6 is 22.9 Å². The lowest BCUT2D eigenvalue weighted by molar-refractivity contribution is -0.117. The molecule has 2 atom stereocenters. The van der Waals surface area contributed by atoms with E-state index in [-0.39, 0.29) is 18.0 Å². The van der Waals surface area contributed by atoms with E-state index < -0.39 is 0 Å². The number of benzene rings is 1. The Hall–Kier alpha value is -1.54. The highest BCUT2D eigenvalue weighted by atomic mass is 35.5. The maximum atomic E-state index is 12.5. The minimum absolute atomic E-state index is 0.0454. The van der Waals surface area contributed by atoms with Gasteiger partial charge in [0, 0.05) is 17.0 Å². The van der Waals surface area contributed by atoms with Gasteiger partial charge in [-0.25, -0.2) is 10.9 Å². The van der Waals surface area contributed by atoms with Crippen LogP contribution < -0.4 is 16.2 Å². The van der Waals surface area contributed by atoms with Gasteiger partial charge in [-0.15, -0.1) is 10.2 Å². The number of nitrogens with one attached hydrogen (secondary N) is 3. The standard InChI is InChI=1S/C17H22ClN5OS/c1-3-10(4-2)16-22-23-17(25-16)19-15(24)14-9-13(20-21-14)11-6-5-7-12(18)8-11/h5-8,10,13-14,20-21H,3-4,9H2,1-2H3,(H,19,23,24). The van der Waals surface area contributed by atoms with Gasteiger partial charge in [-0.05, 0) is 37.0 Å². The second-order valence-corrected chi connectivity index (χ2v) is 7.58. The molecule has 8 heteroatoms. The van der Waals surface area contributed by atoms with Gasteiger partial charge in [0.15, 0.2) is 0 Å². The summed E-state index contributed by atoms with van der Waals surface area (Å²) in [6, 6.07) is 7.37. The molecule has 1 saturated heterocycles. The van der Waals surface area contributed by atoms with Gasteiger partial charge in [0.25, 0.3) is 0 Å². The largest absolute Gasteiger partial charge is 0.299 e. The Morgan fingerprint density at radius 1 is 1.36 bits per heavy atom. The first-order valence-electron chi connectivity index (χ1n) is 8.51. The lowest BCUT2D eigenvalue weighted by Crippen LogP contribution is -2.39. The summed E-state index contributed by atoms with van der Waals surface area (Å²) < 4.78 is 0. The maximum Gasteiger partial charge on any atom is 0.244 e. The molecule has 1 aromatic carbocycles. The Morgan fingerprint density at radius 2 is 2.16 bits per heavy atom. The Bertz CT molecular complexity index is 733. The van der Waals surface area contributed by atoms with Gasteiger partial charge in [0.2, 0.25) is 11.0 Å². The third-order valence-electron chi connectivity index (χ3n) is 4.48. The van der Waals surface area contributed by atoms with Crippen molar-refractivity contribution < 1.29 is 4.79 Å². The summed E-state index contributed by atoms with van der Waals surface area (Å²) in [7, 11) is 0. The van der Waals surface area contributed by atoms with Crippen LogP contribution in [0.2, 0.25) is 5.02 Å². The Morgan fingerprint density at radius 3 is 2.88 bits per heavy atom. The van der Waals surface area contributed by atoms with Crippen LogP contribution in [-0.2, 0) is 4.79 Å². The minimum Gasteiger partial charge on any atom is -0.299 e. The van der Waals surface area contributed by atoms with Crippen molar-refractivity contribution in [1.82, 2.24) is 21.0 Å². The van der Waals surface area contributed by atoms with Gasteiger partial charge < -0.3 is 0 Å². The number of amides is 1. The Kier molecular flexibility index (Phi) is 6.01. The van der Waals surface area contributed by atoms with Gasteiger partial charge in [-0.1, -0.05) is 48.9 Å². The lowest BCUT2D eigenvalue weighted by atomic mass is 10.0. The van der Waals surface area contributed by atoms with Crippen molar-refractivity contribution >= 4 is 34.0 Å². The monoisotopic (exact) mass is 379 g/mol. The van der Waals surface area contributed by atoms with Crippen molar-refractivity contribution in [3.63, 3.8) is 0 Å². The topological polar surface area (TPSA) is 78.9 Å². The SMILES string of the molecule is CCC(CC)c1nnc(NC(=O)C2CC(c3cccc(Cl)c3)NN2)s1. The van der Waals surface area contributed by atoms with Crippen molar-refractivity contribution in [1.29, 1.82) is 0 Å². The van der Waals surface area contributed by atoms with Crippen LogP contribution in [0.15, 0.2) is 24.3 Å². The van der Waals surface area contributed by atoms with Crippen molar-refractivity contribution in [2.75, 3.05) is 5.32 Å². The van der Waals surface area contributed by atoms with Gasteiger partial charge in [-0.2, -0.15) is 0 Å². The summed E-state index contributed by atoms with van der Waals surface area (Å²) in [6.45, 7) is 4.27. The molecule has 0 bridgehead atoms. The highest BCUT2D eigenvalue weighted by Gasteiger charge is 2.30. The molecular weight excluding hydrogens is 358 g/mol. The van der Waals surface area contributed by atoms with E-state index in [2.05, 4.69) is 40.2 Å². The number of hydrazine groups is 1. The fourth-order valence-corrected chi connectivity index (χ4v) is 4.16. The third-order valence-corrected chi connectivity index (χ3v) is 5.71. The van der Waals surface area contributed by atoms with E-state index in [1.807, 2.05) is 24.3 Å². The summed E-state index contributed by atoms with van der Waals surface area (Å²) in [5.74, 6) is 0.297. The molecule has 2 aromatic rings. The zero-order chi connectivity index (χ0) is 17.8. The number of halogens is 1. The van der Waals surface area contributed by atoms with Crippen LogP contribution in [0, 0.1) is 0 Å². The van der Waals surface area contributed by atoms with Crippen LogP contribution in [0.4, 0.5) is 5.13 Å². The average molecular weight is 380 g/mol. The summed E-state index contributed by atoms with van der Waals surface area (Å²) >= 11 is 7.50. The first kappa shape index (κ1) is 18.3. The van der Waals surface area contributed by atoms with Gasteiger partial charge >= 0.3 is 0 Å². The molecule has 0 spiro atoms. The molecular formula is C17H22ClN5OS. The number of hydrogen-bond acceptors (Lipinski definition) is 6. The highest BCUT2D eigenvalue weighted by Crippen LogP contribution is 2.29. The molecule has 1 aromatic heterocycles. The molecule has 1 amide bonds. The molecule has 1 aliphatic heterocycles. The maximum absolute atomic E-state index is 12.5. The fraction of sp³-hybridized carbons (Fsp3) is 0.471. The molecule has 25 heavy (non-hydrogen) atoms. The molecule has 1 fully saturated rings. The van der Waals surface area contributed by atoms with Crippen LogP contribution in [-0.4, -0.2) is 22.1 Å². The zero-order valence-electron chi connectivity index (χ0n) is 14.3. The Labute approximate surface area is 156 Å². The van der Waals surface area contributed by atoms with Crippen molar-refractivity contribution in [3.05, 3.63) is 39.9 Å². The number of carbonyl (C=O) groups excluding carboxylic acids is 1. The molecule has 6 nitrogen and oxygen atoms in total. The molecule has 3 N–H and O–H groups in total. The lowest BCUT2D eigenvalue weighted by Gasteiger charge is -2.09. The first-order chi connectivity index (χ1) is 12.1. The van der Waals surface area contributed by atoms with E-state index in [1.165, 1.54) is 11.3 Å². The minimum atomic E-state index is -0.329. The van der Waals surface area contributed by atoms with E-state index >= 15 is 0 Å². The van der Waals surface area contributed by atoms with E-state index in [9.17, 15) is 4.79 Å². The van der Waals surface area contributed by atoms with Crippen LogP contribution in [0.5, 0.6) is 0 Å². The van der Waals surface area contributed by atoms with E-state index in [4.69, 9.17) is 11.6 Å². The quantitative estimate of drug-likeness (QED) is 0.714. The summed E-state index contributed by atoms with van der Waals surface area (Å²) in [6.07, 6.45) is 2.69. The van der Waals surface area contributed by atoms with E-state index in [1.54, 1.807) is 0 Å². The molecule has 0 saturated carbocycles. The number of hydrogen-bond donors (Lipinski definition) is 3. The van der Waals surface area contributed by atoms with Gasteiger partial charge in [-0.3, -0.25) is 10.1 Å². The molecule has 0 radical (unpaired) electrons. The molecule has 3 rings (SSSR count). The molecule has 134 valence electrons. The smallest absolute Gasteiger partial charge is 0.244 e. The molecule has 1 aliphatic rings. The predicted molar refractivity (Wildman–Crippen MR) is 101 cm³/mol. The van der Waals surface area contributed by atoms with E-state index in [0.29, 0.717) is 22.5 Å². The number of nitrogens with zero attached hydrogens (tertiary/aromatic N) is 2. The third kappa shape index (κ3) is 4.36. The highest BCUT2D eigenvalue weighted by molar-refractivity contribution is 7.15. The molecule has 0 aliphatic carbocycles. The predicted octanol–water partition coefficient (Wildman–Crippen LogP) is 3.64. The van der Waals surface area contributed by atoms with Crippen molar-refractivity contribution in [2.24, 2.45) is 0 Å². The number of rotatable bonds is 6. The van der Waals surface area contributed by atoms with Crippen LogP contribution in [0.25, 0.3) is 0 Å². The summed E-state index contributed by atoms with van der Waals surface area (Å²) in [5, 5.41) is 13.4. The van der Waals surface area contributed by atoms with E-state index in [0.717, 1.165) is 23.4 Å². The van der Waals surface area contributed by atoms with Crippen molar-refractivity contribution in [2.45, 2.75) is 51.1 Å². The van der Waals surface area contributed by atoms with Crippen LogP contribution in [0.1, 0.15) is 55.6 Å². The van der Waals surface area contributed by atoms with Crippen LogP contribution in [0.3, 0.4) is 0 Å². The fourth-order valence-electron chi connectivity index (χ4n) is 2.95. The van der Waals surface area contributed by atoms with Gasteiger partial charge in [0.1, 0.15) is 11.0 Å². The van der Waals surface area contributed by atoms with Gasteiger partial charge in [0.05, 0.1) is 0 Å². The normalized spacial score (nSPS) is 20.2. The number of carbonyl (C=O) groups is 1. The number of aromatic nitrogens is 2. The summed E-state index contributed by atoms with van der Waals surface area (Å²) in [4.78, 5) is 12.5. The second-order valence-electron chi connectivity index (χ2n) is 6.13. The Balaban J connectivity index is 1.59.